The number of fused-ring (bicyclic) bond motifs is 1. The Bertz CT molecular complexity index is 516. The van der Waals surface area contributed by atoms with Gasteiger partial charge in [-0.3, -0.25) is 4.79 Å². The van der Waals surface area contributed by atoms with Crippen LogP contribution in [0.2, 0.25) is 0 Å². The molecule has 1 aromatic heterocycles. The number of rotatable bonds is 4. The summed E-state index contributed by atoms with van der Waals surface area (Å²) in [5.74, 6) is -0.822. The standard InChI is InChI=1S/C13H15NO2S/c1-13(14-2,12(15)16)8-10-7-9-5-3-4-6-11(9)17-10/h3-7,14H,8H2,1-2H3,(H,15,16)/t13-/m0/s1. The van der Waals surface area contributed by atoms with Crippen molar-refractivity contribution in [3.05, 3.63) is 35.2 Å². The van der Waals surface area contributed by atoms with Gasteiger partial charge in [0.25, 0.3) is 0 Å². The highest BCUT2D eigenvalue weighted by Crippen LogP contribution is 2.28. The largest absolute Gasteiger partial charge is 0.480 e. The van der Waals surface area contributed by atoms with Gasteiger partial charge >= 0.3 is 5.97 Å². The maximum absolute atomic E-state index is 11.2. The van der Waals surface area contributed by atoms with E-state index >= 15 is 0 Å². The second-order valence-corrected chi connectivity index (χ2v) is 5.48. The highest BCUT2D eigenvalue weighted by molar-refractivity contribution is 7.19. The summed E-state index contributed by atoms with van der Waals surface area (Å²) in [6.07, 6.45) is 0.498. The van der Waals surface area contributed by atoms with Crippen molar-refractivity contribution in [3.8, 4) is 0 Å². The number of nitrogens with one attached hydrogen (secondary N) is 1. The van der Waals surface area contributed by atoms with Gasteiger partial charge in [0.2, 0.25) is 0 Å². The molecule has 0 unspecified atom stereocenters. The third kappa shape index (κ3) is 2.33. The van der Waals surface area contributed by atoms with Crippen LogP contribution in [0.15, 0.2) is 30.3 Å². The molecule has 0 aliphatic rings. The van der Waals surface area contributed by atoms with E-state index in [0.717, 1.165) is 4.88 Å². The number of hydrogen-bond acceptors (Lipinski definition) is 3. The lowest BCUT2D eigenvalue weighted by Crippen LogP contribution is -2.49. The Kier molecular flexibility index (Phi) is 3.17. The molecule has 1 heterocycles. The van der Waals surface area contributed by atoms with Crippen LogP contribution in [0, 0.1) is 0 Å². The van der Waals surface area contributed by atoms with Crippen LogP contribution in [-0.4, -0.2) is 23.7 Å². The van der Waals surface area contributed by atoms with Crippen LogP contribution in [0.1, 0.15) is 11.8 Å². The monoisotopic (exact) mass is 249 g/mol. The van der Waals surface area contributed by atoms with E-state index < -0.39 is 11.5 Å². The average molecular weight is 249 g/mol. The van der Waals surface area contributed by atoms with E-state index in [-0.39, 0.29) is 0 Å². The summed E-state index contributed by atoms with van der Waals surface area (Å²) < 4.78 is 1.20. The van der Waals surface area contributed by atoms with Gasteiger partial charge in [-0.15, -0.1) is 11.3 Å². The van der Waals surface area contributed by atoms with E-state index in [4.69, 9.17) is 0 Å². The van der Waals surface area contributed by atoms with E-state index in [0.29, 0.717) is 6.42 Å². The summed E-state index contributed by atoms with van der Waals surface area (Å²) in [5.41, 5.74) is -0.902. The Morgan fingerprint density at radius 2 is 2.18 bits per heavy atom. The Morgan fingerprint density at radius 3 is 2.76 bits per heavy atom. The van der Waals surface area contributed by atoms with Crippen molar-refractivity contribution in [2.75, 3.05) is 7.05 Å². The zero-order chi connectivity index (χ0) is 12.5. The SMILES string of the molecule is CN[C@@](C)(Cc1cc2ccccc2s1)C(=O)O. The number of carboxylic acid groups (broad SMARTS) is 1. The molecule has 0 saturated carbocycles. The Labute approximate surface area is 104 Å². The Morgan fingerprint density at radius 1 is 1.47 bits per heavy atom. The van der Waals surface area contributed by atoms with Gasteiger partial charge in [0.05, 0.1) is 0 Å². The molecule has 0 bridgehead atoms. The van der Waals surface area contributed by atoms with Crippen LogP contribution >= 0.6 is 11.3 Å². The fraction of sp³-hybridized carbons (Fsp3) is 0.308. The summed E-state index contributed by atoms with van der Waals surface area (Å²) in [7, 11) is 1.68. The minimum absolute atomic E-state index is 0.498. The van der Waals surface area contributed by atoms with Gasteiger partial charge in [-0.2, -0.15) is 0 Å². The number of carboxylic acids is 1. The van der Waals surface area contributed by atoms with Gasteiger partial charge < -0.3 is 10.4 Å². The van der Waals surface area contributed by atoms with Gasteiger partial charge in [-0.25, -0.2) is 0 Å². The van der Waals surface area contributed by atoms with Crippen molar-refractivity contribution >= 4 is 27.4 Å². The van der Waals surface area contributed by atoms with Crippen molar-refractivity contribution in [1.82, 2.24) is 5.32 Å². The Hall–Kier alpha value is -1.39. The molecule has 0 spiro atoms. The van der Waals surface area contributed by atoms with Crippen LogP contribution in [0.5, 0.6) is 0 Å². The Balaban J connectivity index is 2.32. The quantitative estimate of drug-likeness (QED) is 0.875. The average Bonchev–Trinajstić information content (AvgIpc) is 2.70. The lowest BCUT2D eigenvalue weighted by atomic mass is 9.97. The molecule has 4 heteroatoms. The van der Waals surface area contributed by atoms with Crippen molar-refractivity contribution in [1.29, 1.82) is 0 Å². The third-order valence-corrected chi connectivity index (χ3v) is 4.14. The second kappa shape index (κ2) is 4.47. The number of benzene rings is 1. The molecular weight excluding hydrogens is 234 g/mol. The first-order valence-corrected chi connectivity index (χ1v) is 6.26. The van der Waals surface area contributed by atoms with Crippen molar-refractivity contribution < 1.29 is 9.90 Å². The molecule has 0 amide bonds. The van der Waals surface area contributed by atoms with Crippen LogP contribution in [0.25, 0.3) is 10.1 Å². The van der Waals surface area contributed by atoms with Crippen LogP contribution in [-0.2, 0) is 11.2 Å². The molecular formula is C13H15NO2S. The van der Waals surface area contributed by atoms with E-state index in [2.05, 4.69) is 17.4 Å². The minimum Gasteiger partial charge on any atom is -0.480 e. The molecule has 90 valence electrons. The van der Waals surface area contributed by atoms with Crippen molar-refractivity contribution in [2.45, 2.75) is 18.9 Å². The number of aliphatic carboxylic acids is 1. The number of hydrogen-bond donors (Lipinski definition) is 2. The highest BCUT2D eigenvalue weighted by atomic mass is 32.1. The molecule has 1 aromatic carbocycles. The van der Waals surface area contributed by atoms with Gasteiger partial charge in [-0.05, 0) is 31.5 Å². The first kappa shape index (κ1) is 12.1. The molecule has 0 saturated heterocycles. The molecule has 17 heavy (non-hydrogen) atoms. The van der Waals surface area contributed by atoms with Gasteiger partial charge in [-0.1, -0.05) is 18.2 Å². The van der Waals surface area contributed by atoms with E-state index in [1.165, 1.54) is 10.1 Å². The zero-order valence-corrected chi connectivity index (χ0v) is 10.7. The second-order valence-electron chi connectivity index (χ2n) is 4.31. The van der Waals surface area contributed by atoms with Gasteiger partial charge in [0.15, 0.2) is 0 Å². The summed E-state index contributed by atoms with van der Waals surface area (Å²) in [5, 5.41) is 13.3. The summed E-state index contributed by atoms with van der Waals surface area (Å²) in [6.45, 7) is 1.71. The van der Waals surface area contributed by atoms with Crippen LogP contribution in [0.3, 0.4) is 0 Å². The number of thiophene rings is 1. The number of likely N-dealkylation sites (N-methyl/N-ethyl adjacent to an activating group) is 1. The third-order valence-electron chi connectivity index (χ3n) is 3.03. The lowest BCUT2D eigenvalue weighted by Gasteiger charge is -2.23. The lowest BCUT2D eigenvalue weighted by molar-refractivity contribution is -0.143. The fourth-order valence-corrected chi connectivity index (χ4v) is 2.96. The van der Waals surface area contributed by atoms with Crippen molar-refractivity contribution in [3.63, 3.8) is 0 Å². The molecule has 0 aliphatic carbocycles. The molecule has 0 aliphatic heterocycles. The molecule has 1 atom stereocenters. The molecule has 0 radical (unpaired) electrons. The summed E-state index contributed by atoms with van der Waals surface area (Å²) in [6, 6.07) is 10.2. The topological polar surface area (TPSA) is 49.3 Å². The smallest absolute Gasteiger partial charge is 0.323 e. The molecule has 0 fully saturated rings. The van der Waals surface area contributed by atoms with Gasteiger partial charge in [0, 0.05) is 16.0 Å². The maximum atomic E-state index is 11.2. The molecule has 2 aromatic rings. The molecule has 2 rings (SSSR count). The molecule has 3 nitrogen and oxygen atoms in total. The van der Waals surface area contributed by atoms with E-state index in [1.54, 1.807) is 25.3 Å². The number of carbonyl (C=O) groups is 1. The van der Waals surface area contributed by atoms with Crippen molar-refractivity contribution in [2.24, 2.45) is 0 Å². The predicted octanol–water partition coefficient (Wildman–Crippen LogP) is 2.51. The normalized spacial score (nSPS) is 14.7. The first-order chi connectivity index (χ1) is 8.05. The predicted molar refractivity (Wildman–Crippen MR) is 70.6 cm³/mol. The maximum Gasteiger partial charge on any atom is 0.323 e. The van der Waals surface area contributed by atoms with Gasteiger partial charge in [0.1, 0.15) is 5.54 Å². The fourth-order valence-electron chi connectivity index (χ4n) is 1.74. The van der Waals surface area contributed by atoms with E-state index in [1.807, 2.05) is 18.2 Å². The first-order valence-electron chi connectivity index (χ1n) is 5.45. The summed E-state index contributed by atoms with van der Waals surface area (Å²) >= 11 is 1.65. The van der Waals surface area contributed by atoms with Crippen LogP contribution in [0.4, 0.5) is 0 Å². The minimum atomic E-state index is -0.902. The van der Waals surface area contributed by atoms with Crippen LogP contribution < -0.4 is 5.32 Å². The van der Waals surface area contributed by atoms with E-state index in [9.17, 15) is 9.90 Å². The molecule has 2 N–H and O–H groups in total. The zero-order valence-electron chi connectivity index (χ0n) is 9.86. The summed E-state index contributed by atoms with van der Waals surface area (Å²) in [4.78, 5) is 12.3. The highest BCUT2D eigenvalue weighted by Gasteiger charge is 2.31.